The fourth-order valence-electron chi connectivity index (χ4n) is 2.25. The number of likely N-dealkylation sites (tertiary alicyclic amines) is 1. The summed E-state index contributed by atoms with van der Waals surface area (Å²) in [6.07, 6.45) is 1.15. The number of hydrogen-bond acceptors (Lipinski definition) is 3. The number of nitrogens with zero attached hydrogens (tertiary/aromatic N) is 1. The van der Waals surface area contributed by atoms with E-state index in [1.165, 1.54) is 0 Å². The third-order valence-electron chi connectivity index (χ3n) is 3.24. The van der Waals surface area contributed by atoms with Crippen LogP contribution in [-0.2, 0) is 10.0 Å². The van der Waals surface area contributed by atoms with E-state index in [4.69, 9.17) is 5.14 Å². The Morgan fingerprint density at radius 1 is 1.25 bits per heavy atom. The van der Waals surface area contributed by atoms with Gasteiger partial charge in [-0.1, -0.05) is 31.9 Å². The summed E-state index contributed by atoms with van der Waals surface area (Å²) in [5.74, 6) is -0.180. The van der Waals surface area contributed by atoms with Gasteiger partial charge in [-0.2, -0.15) is 0 Å². The molecule has 1 fully saturated rings. The monoisotopic (exact) mass is 424 g/mol. The van der Waals surface area contributed by atoms with Crippen LogP contribution in [0.2, 0.25) is 0 Å². The van der Waals surface area contributed by atoms with Crippen LogP contribution in [0, 0.1) is 0 Å². The number of benzene rings is 1. The number of hydrogen-bond donors (Lipinski definition) is 1. The van der Waals surface area contributed by atoms with Crippen molar-refractivity contribution < 1.29 is 13.2 Å². The lowest BCUT2D eigenvalue weighted by molar-refractivity contribution is 0.0727. The molecule has 20 heavy (non-hydrogen) atoms. The van der Waals surface area contributed by atoms with E-state index in [0.717, 1.165) is 8.95 Å². The van der Waals surface area contributed by atoms with Crippen LogP contribution in [0.4, 0.5) is 0 Å². The lowest BCUT2D eigenvalue weighted by Crippen LogP contribution is -2.47. The third-order valence-corrected chi connectivity index (χ3v) is 5.47. The number of rotatable bonds is 2. The zero-order valence-electron chi connectivity index (χ0n) is 10.6. The lowest BCUT2D eigenvalue weighted by Gasteiger charge is -2.31. The van der Waals surface area contributed by atoms with E-state index in [2.05, 4.69) is 31.9 Å². The van der Waals surface area contributed by atoms with E-state index in [1.807, 2.05) is 6.07 Å². The second kappa shape index (κ2) is 6.13. The molecule has 1 aliphatic rings. The van der Waals surface area contributed by atoms with Crippen molar-refractivity contribution in [3.8, 4) is 0 Å². The Hall–Kier alpha value is -0.440. The van der Waals surface area contributed by atoms with Gasteiger partial charge >= 0.3 is 0 Å². The molecule has 5 nitrogen and oxygen atoms in total. The first kappa shape index (κ1) is 15.9. The number of nitrogens with two attached hydrogens (primary N) is 1. The predicted molar refractivity (Wildman–Crippen MR) is 83.9 cm³/mol. The van der Waals surface area contributed by atoms with Gasteiger partial charge in [-0.05, 0) is 31.0 Å². The fraction of sp³-hybridized carbons (Fsp3) is 0.417. The van der Waals surface area contributed by atoms with E-state index in [9.17, 15) is 13.2 Å². The molecule has 1 aromatic rings. The van der Waals surface area contributed by atoms with Crippen molar-refractivity contribution in [2.45, 2.75) is 18.1 Å². The second-order valence-corrected chi connectivity index (χ2v) is 8.44. The van der Waals surface area contributed by atoms with Crippen LogP contribution < -0.4 is 5.14 Å². The minimum Gasteiger partial charge on any atom is -0.337 e. The van der Waals surface area contributed by atoms with Gasteiger partial charge in [0.1, 0.15) is 0 Å². The van der Waals surface area contributed by atoms with Gasteiger partial charge in [-0.25, -0.2) is 13.6 Å². The van der Waals surface area contributed by atoms with Gasteiger partial charge in [-0.3, -0.25) is 4.79 Å². The summed E-state index contributed by atoms with van der Waals surface area (Å²) in [4.78, 5) is 14.0. The molecular weight excluding hydrogens is 412 g/mol. The van der Waals surface area contributed by atoms with Crippen molar-refractivity contribution in [2.75, 3.05) is 13.1 Å². The Morgan fingerprint density at radius 2 is 1.85 bits per heavy atom. The minimum atomic E-state index is -3.60. The number of primary sulfonamides is 1. The summed E-state index contributed by atoms with van der Waals surface area (Å²) in [6, 6.07) is 5.27. The zero-order chi connectivity index (χ0) is 14.9. The highest BCUT2D eigenvalue weighted by Crippen LogP contribution is 2.23. The number of halogens is 2. The molecule has 0 bridgehead atoms. The highest BCUT2D eigenvalue weighted by atomic mass is 79.9. The number of carbonyl (C=O) groups is 1. The number of carbonyl (C=O) groups excluding carboxylic acids is 1. The van der Waals surface area contributed by atoms with Gasteiger partial charge in [-0.15, -0.1) is 0 Å². The Morgan fingerprint density at radius 3 is 2.40 bits per heavy atom. The largest absolute Gasteiger partial charge is 0.337 e. The SMILES string of the molecule is NS(=O)(=O)C1CCCN(C(=O)c2cc(Br)cc(Br)c2)C1. The molecule has 0 saturated carbocycles. The van der Waals surface area contributed by atoms with E-state index in [1.54, 1.807) is 17.0 Å². The average Bonchev–Trinajstić information content (AvgIpc) is 2.36. The standard InChI is InChI=1S/C12H14Br2N2O3S/c13-9-4-8(5-10(14)6-9)12(17)16-3-1-2-11(7-16)20(15,18)19/h4-6,11H,1-3,7H2,(H2,15,18,19). The zero-order valence-corrected chi connectivity index (χ0v) is 14.5. The third kappa shape index (κ3) is 3.81. The van der Waals surface area contributed by atoms with E-state index >= 15 is 0 Å². The van der Waals surface area contributed by atoms with Gasteiger partial charge in [0.2, 0.25) is 10.0 Å². The first-order chi connectivity index (χ1) is 9.27. The maximum atomic E-state index is 12.4. The van der Waals surface area contributed by atoms with Crippen LogP contribution in [0.1, 0.15) is 23.2 Å². The Kier molecular flexibility index (Phi) is 4.88. The summed E-state index contributed by atoms with van der Waals surface area (Å²) < 4.78 is 24.4. The molecule has 1 atom stereocenters. The quantitative estimate of drug-likeness (QED) is 0.787. The van der Waals surface area contributed by atoms with Crippen LogP contribution in [0.25, 0.3) is 0 Å². The highest BCUT2D eigenvalue weighted by Gasteiger charge is 2.30. The first-order valence-electron chi connectivity index (χ1n) is 6.04. The maximum Gasteiger partial charge on any atom is 0.253 e. The van der Waals surface area contributed by atoms with Gasteiger partial charge in [0.05, 0.1) is 5.25 Å². The molecule has 0 radical (unpaired) electrons. The fourth-order valence-corrected chi connectivity index (χ4v) is 4.43. The maximum absolute atomic E-state index is 12.4. The van der Waals surface area contributed by atoms with Gasteiger partial charge < -0.3 is 4.90 Å². The molecule has 0 aromatic heterocycles. The van der Waals surface area contributed by atoms with Crippen molar-refractivity contribution in [1.82, 2.24) is 4.90 Å². The summed E-state index contributed by atoms with van der Waals surface area (Å²) in [7, 11) is -3.60. The van der Waals surface area contributed by atoms with Gasteiger partial charge in [0, 0.05) is 27.6 Å². The average molecular weight is 426 g/mol. The number of amides is 1. The van der Waals surface area contributed by atoms with E-state index in [0.29, 0.717) is 24.9 Å². The Labute approximate surface area is 134 Å². The number of piperidine rings is 1. The van der Waals surface area contributed by atoms with Gasteiger partial charge in [0.25, 0.3) is 5.91 Å². The van der Waals surface area contributed by atoms with Crippen LogP contribution >= 0.6 is 31.9 Å². The number of sulfonamides is 1. The molecule has 1 saturated heterocycles. The first-order valence-corrected chi connectivity index (χ1v) is 9.24. The normalized spacial score (nSPS) is 19.9. The Bertz CT molecular complexity index is 613. The lowest BCUT2D eigenvalue weighted by atomic mass is 10.1. The topological polar surface area (TPSA) is 80.5 Å². The van der Waals surface area contributed by atoms with Crippen LogP contribution in [0.3, 0.4) is 0 Å². The molecule has 110 valence electrons. The summed E-state index contributed by atoms with van der Waals surface area (Å²) in [5.41, 5.74) is 0.515. The predicted octanol–water partition coefficient (Wildman–Crippen LogP) is 2.10. The van der Waals surface area contributed by atoms with E-state index in [-0.39, 0.29) is 12.5 Å². The van der Waals surface area contributed by atoms with Crippen LogP contribution in [0.5, 0.6) is 0 Å². The molecule has 2 rings (SSSR count). The molecular formula is C12H14Br2N2O3S. The summed E-state index contributed by atoms with van der Waals surface area (Å²) >= 11 is 6.66. The molecule has 0 aliphatic carbocycles. The van der Waals surface area contributed by atoms with Crippen molar-refractivity contribution >= 4 is 47.8 Å². The molecule has 8 heteroatoms. The van der Waals surface area contributed by atoms with Crippen molar-refractivity contribution in [3.63, 3.8) is 0 Å². The summed E-state index contributed by atoms with van der Waals surface area (Å²) in [6.45, 7) is 0.705. The molecule has 1 amide bonds. The Balaban J connectivity index is 2.20. The molecule has 1 unspecified atom stereocenters. The van der Waals surface area contributed by atoms with Crippen LogP contribution in [-0.4, -0.2) is 37.6 Å². The highest BCUT2D eigenvalue weighted by molar-refractivity contribution is 9.11. The van der Waals surface area contributed by atoms with E-state index < -0.39 is 15.3 Å². The van der Waals surface area contributed by atoms with Crippen molar-refractivity contribution in [2.24, 2.45) is 5.14 Å². The molecule has 1 aromatic carbocycles. The minimum absolute atomic E-state index is 0.155. The molecule has 0 spiro atoms. The van der Waals surface area contributed by atoms with Crippen LogP contribution in [0.15, 0.2) is 27.1 Å². The second-order valence-electron chi connectivity index (χ2n) is 4.76. The van der Waals surface area contributed by atoms with Crippen molar-refractivity contribution in [3.05, 3.63) is 32.7 Å². The summed E-state index contributed by atoms with van der Waals surface area (Å²) in [5, 5.41) is 4.51. The smallest absolute Gasteiger partial charge is 0.253 e. The van der Waals surface area contributed by atoms with Gasteiger partial charge in [0.15, 0.2) is 0 Å². The molecule has 1 heterocycles. The van der Waals surface area contributed by atoms with Crippen molar-refractivity contribution in [1.29, 1.82) is 0 Å². The molecule has 1 aliphatic heterocycles. The molecule has 2 N–H and O–H groups in total.